The molecule has 1 aromatic heterocycles. The zero-order valence-corrected chi connectivity index (χ0v) is 13.0. The first-order chi connectivity index (χ1) is 10.3. The minimum absolute atomic E-state index is 0.123. The van der Waals surface area contributed by atoms with Gasteiger partial charge in [0.1, 0.15) is 5.60 Å². The monoisotopic (exact) mass is 300 g/mol. The normalized spacial score (nSPS) is 11.0. The van der Waals surface area contributed by atoms with Crippen LogP contribution in [0.4, 0.5) is 4.79 Å². The maximum atomic E-state index is 11.6. The van der Waals surface area contributed by atoms with Crippen molar-refractivity contribution in [3.63, 3.8) is 0 Å². The van der Waals surface area contributed by atoms with Gasteiger partial charge < -0.3 is 15.0 Å². The average molecular weight is 300 g/mol. The Morgan fingerprint density at radius 1 is 1.09 bits per heavy atom. The molecule has 5 nitrogen and oxygen atoms in total. The van der Waals surface area contributed by atoms with Gasteiger partial charge in [-0.1, -0.05) is 24.3 Å². The maximum Gasteiger partial charge on any atom is 0.407 e. The molecule has 2 rings (SSSR count). The summed E-state index contributed by atoms with van der Waals surface area (Å²) in [7, 11) is 0. The highest BCUT2D eigenvalue weighted by Crippen LogP contribution is 2.17. The number of carbonyl (C=O) groups excluding carboxylic acids is 1. The van der Waals surface area contributed by atoms with Gasteiger partial charge in [-0.15, -0.1) is 0 Å². The molecule has 2 aromatic rings. The smallest absolute Gasteiger partial charge is 0.407 e. The van der Waals surface area contributed by atoms with E-state index in [4.69, 9.17) is 4.74 Å². The molecule has 0 aliphatic rings. The van der Waals surface area contributed by atoms with Gasteiger partial charge in [-0.2, -0.15) is 0 Å². The molecule has 0 fully saturated rings. The van der Waals surface area contributed by atoms with Crippen molar-refractivity contribution in [2.75, 3.05) is 0 Å². The Morgan fingerprint density at radius 2 is 1.73 bits per heavy atom. The van der Waals surface area contributed by atoms with E-state index in [0.29, 0.717) is 6.54 Å². The van der Waals surface area contributed by atoms with Crippen LogP contribution in [-0.4, -0.2) is 16.7 Å². The topological polar surface area (TPSA) is 71.2 Å². The summed E-state index contributed by atoms with van der Waals surface area (Å²) in [5.74, 6) is 0. The van der Waals surface area contributed by atoms with Crippen molar-refractivity contribution in [3.8, 4) is 11.1 Å². The van der Waals surface area contributed by atoms with E-state index in [2.05, 4.69) is 10.3 Å². The van der Waals surface area contributed by atoms with E-state index in [1.165, 1.54) is 6.07 Å². The average Bonchev–Trinajstić information content (AvgIpc) is 2.45. The third kappa shape index (κ3) is 4.77. The number of amides is 1. The zero-order valence-electron chi connectivity index (χ0n) is 13.0. The third-order valence-corrected chi connectivity index (χ3v) is 2.91. The molecule has 0 saturated heterocycles. The quantitative estimate of drug-likeness (QED) is 0.915. The number of aromatic amines is 1. The molecule has 0 aliphatic heterocycles. The summed E-state index contributed by atoms with van der Waals surface area (Å²) in [4.78, 5) is 25.3. The third-order valence-electron chi connectivity index (χ3n) is 2.91. The van der Waals surface area contributed by atoms with E-state index in [1.807, 2.05) is 45.0 Å². The lowest BCUT2D eigenvalue weighted by Crippen LogP contribution is -2.32. The van der Waals surface area contributed by atoms with Gasteiger partial charge in [0.15, 0.2) is 0 Å². The van der Waals surface area contributed by atoms with E-state index in [1.54, 1.807) is 12.3 Å². The minimum atomic E-state index is -0.502. The molecule has 2 N–H and O–H groups in total. The Balaban J connectivity index is 1.96. The van der Waals surface area contributed by atoms with E-state index in [9.17, 15) is 9.59 Å². The van der Waals surface area contributed by atoms with Crippen molar-refractivity contribution in [1.82, 2.24) is 10.3 Å². The van der Waals surface area contributed by atoms with Crippen LogP contribution >= 0.6 is 0 Å². The summed E-state index contributed by atoms with van der Waals surface area (Å²) >= 11 is 0. The molecule has 0 radical (unpaired) electrons. The molecule has 0 saturated carbocycles. The van der Waals surface area contributed by atoms with Gasteiger partial charge in [-0.3, -0.25) is 4.79 Å². The SMILES string of the molecule is CC(C)(C)OC(=O)NCc1ccc(-c2ccc(=O)[nH]c2)cc1. The predicted octanol–water partition coefficient (Wildman–Crippen LogP) is 3.07. The predicted molar refractivity (Wildman–Crippen MR) is 85.6 cm³/mol. The summed E-state index contributed by atoms with van der Waals surface area (Å²) in [6, 6.07) is 11.0. The number of hydrogen-bond acceptors (Lipinski definition) is 3. The molecule has 1 aromatic carbocycles. The molecule has 0 aliphatic carbocycles. The number of nitrogens with one attached hydrogen (secondary N) is 2. The van der Waals surface area contributed by atoms with Crippen LogP contribution in [-0.2, 0) is 11.3 Å². The first-order valence-corrected chi connectivity index (χ1v) is 7.08. The van der Waals surface area contributed by atoms with Gasteiger partial charge in [0, 0.05) is 18.8 Å². The number of benzene rings is 1. The molecule has 5 heteroatoms. The van der Waals surface area contributed by atoms with Gasteiger partial charge in [0.25, 0.3) is 0 Å². The van der Waals surface area contributed by atoms with Crippen LogP contribution in [0.5, 0.6) is 0 Å². The van der Waals surface area contributed by atoms with Crippen molar-refractivity contribution >= 4 is 6.09 Å². The summed E-state index contributed by atoms with van der Waals surface area (Å²) in [6.45, 7) is 5.88. The number of carbonyl (C=O) groups is 1. The van der Waals surface area contributed by atoms with Gasteiger partial charge in [0.2, 0.25) is 5.56 Å². The number of H-pyrrole nitrogens is 1. The highest BCUT2D eigenvalue weighted by atomic mass is 16.6. The number of rotatable bonds is 3. The number of hydrogen-bond donors (Lipinski definition) is 2. The summed E-state index contributed by atoms with van der Waals surface area (Å²) in [6.07, 6.45) is 1.24. The molecular weight excluding hydrogens is 280 g/mol. The zero-order chi connectivity index (χ0) is 16.2. The van der Waals surface area contributed by atoms with E-state index < -0.39 is 11.7 Å². The van der Waals surface area contributed by atoms with Crippen LogP contribution in [0, 0.1) is 0 Å². The van der Waals surface area contributed by atoms with Crippen LogP contribution in [0.25, 0.3) is 11.1 Å². The van der Waals surface area contributed by atoms with Crippen LogP contribution in [0.1, 0.15) is 26.3 Å². The molecule has 116 valence electrons. The van der Waals surface area contributed by atoms with E-state index in [0.717, 1.165) is 16.7 Å². The van der Waals surface area contributed by atoms with Crippen molar-refractivity contribution < 1.29 is 9.53 Å². The molecule has 1 amide bonds. The molecule has 0 spiro atoms. The Hall–Kier alpha value is -2.56. The fraction of sp³-hybridized carbons (Fsp3) is 0.294. The standard InChI is InChI=1S/C17H20N2O3/c1-17(2,3)22-16(21)19-10-12-4-6-13(7-5-12)14-8-9-15(20)18-11-14/h4-9,11H,10H2,1-3H3,(H,18,20)(H,19,21). The van der Waals surface area contributed by atoms with E-state index in [-0.39, 0.29) is 5.56 Å². The summed E-state index contributed by atoms with van der Waals surface area (Å²) in [5, 5.41) is 2.71. The van der Waals surface area contributed by atoms with Crippen LogP contribution < -0.4 is 10.9 Å². The Morgan fingerprint density at radius 3 is 2.27 bits per heavy atom. The maximum absolute atomic E-state index is 11.6. The lowest BCUT2D eigenvalue weighted by Gasteiger charge is -2.19. The first kappa shape index (κ1) is 15.8. The number of aromatic nitrogens is 1. The molecule has 0 atom stereocenters. The van der Waals surface area contributed by atoms with Crippen LogP contribution in [0.2, 0.25) is 0 Å². The number of ether oxygens (including phenoxy) is 1. The minimum Gasteiger partial charge on any atom is -0.444 e. The molecule has 0 unspecified atom stereocenters. The highest BCUT2D eigenvalue weighted by molar-refractivity contribution is 5.68. The fourth-order valence-electron chi connectivity index (χ4n) is 1.89. The lowest BCUT2D eigenvalue weighted by atomic mass is 10.1. The second-order valence-electron chi connectivity index (χ2n) is 5.99. The molecule has 22 heavy (non-hydrogen) atoms. The van der Waals surface area contributed by atoms with Gasteiger partial charge >= 0.3 is 6.09 Å². The summed E-state index contributed by atoms with van der Waals surface area (Å²) in [5.41, 5.74) is 2.28. The van der Waals surface area contributed by atoms with Crippen LogP contribution in [0.3, 0.4) is 0 Å². The number of pyridine rings is 1. The van der Waals surface area contributed by atoms with Gasteiger partial charge in [-0.05, 0) is 43.5 Å². The highest BCUT2D eigenvalue weighted by Gasteiger charge is 2.15. The fourth-order valence-corrected chi connectivity index (χ4v) is 1.89. The summed E-state index contributed by atoms with van der Waals surface area (Å²) < 4.78 is 5.18. The van der Waals surface area contributed by atoms with Gasteiger partial charge in [-0.25, -0.2) is 4.79 Å². The van der Waals surface area contributed by atoms with Crippen molar-refractivity contribution in [2.24, 2.45) is 0 Å². The second-order valence-corrected chi connectivity index (χ2v) is 5.99. The molecular formula is C17H20N2O3. The largest absolute Gasteiger partial charge is 0.444 e. The first-order valence-electron chi connectivity index (χ1n) is 7.08. The van der Waals surface area contributed by atoms with Crippen molar-refractivity contribution in [1.29, 1.82) is 0 Å². The van der Waals surface area contributed by atoms with E-state index >= 15 is 0 Å². The van der Waals surface area contributed by atoms with Gasteiger partial charge in [0.05, 0.1) is 0 Å². The Labute approximate surface area is 129 Å². The Kier molecular flexibility index (Phi) is 4.65. The van der Waals surface area contributed by atoms with Crippen LogP contribution in [0.15, 0.2) is 47.4 Å². The Bertz CT molecular complexity index is 677. The lowest BCUT2D eigenvalue weighted by molar-refractivity contribution is 0.0523. The second kappa shape index (κ2) is 6.47. The molecule has 0 bridgehead atoms. The molecule has 1 heterocycles. The number of alkyl carbamates (subject to hydrolysis) is 1. The van der Waals surface area contributed by atoms with Crippen molar-refractivity contribution in [2.45, 2.75) is 32.9 Å². The van der Waals surface area contributed by atoms with Crippen molar-refractivity contribution in [3.05, 3.63) is 58.5 Å².